The van der Waals surface area contributed by atoms with Crippen LogP contribution in [0.2, 0.25) is 0 Å². The molecule has 190 valence electrons. The molecule has 2 N–H and O–H groups in total. The molecule has 36 heavy (non-hydrogen) atoms. The molecular formula is C23H24F2IN6OPS2. The van der Waals surface area contributed by atoms with E-state index in [0.29, 0.717) is 17.6 Å². The number of anilines is 3. The van der Waals surface area contributed by atoms with Crippen molar-refractivity contribution in [3.63, 3.8) is 0 Å². The second-order valence-corrected chi connectivity index (χ2v) is 12.1. The van der Waals surface area contributed by atoms with Crippen molar-refractivity contribution in [2.24, 2.45) is 5.92 Å². The Kier molecular flexibility index (Phi) is 9.13. The fraction of sp³-hybridized carbons (Fsp3) is 0.304. The number of rotatable bonds is 8. The Labute approximate surface area is 230 Å². The molecule has 1 atom stereocenters. The summed E-state index contributed by atoms with van der Waals surface area (Å²) in [5.41, 5.74) is 3.74. The van der Waals surface area contributed by atoms with Crippen LogP contribution in [0.15, 0.2) is 34.5 Å². The van der Waals surface area contributed by atoms with Gasteiger partial charge in [0.1, 0.15) is 11.3 Å². The first kappa shape index (κ1) is 27.2. The van der Waals surface area contributed by atoms with Crippen LogP contribution in [0.5, 0.6) is 0 Å². The van der Waals surface area contributed by atoms with Gasteiger partial charge in [-0.1, -0.05) is 25.8 Å². The highest BCUT2D eigenvalue weighted by atomic mass is 127. The molecule has 1 aromatic carbocycles. The highest BCUT2D eigenvalue weighted by Gasteiger charge is 2.23. The number of fused-ring (bicyclic) bond motifs is 1. The normalized spacial score (nSPS) is 13.3. The standard InChI is InChI=1S/C19H16F2IN6OPS2.C4H8/c1-9-24-13(7-32-9)10-3-4-11(14(5-10)31-2)25-12-6-15(23-8-29)26-18-16(12)27-19(17(20)21)28(18)30-22;1-4-2-3-4/h3-8,17,30H,1-2H3,(H2,23,25,26,29);4H,2-3H2,1H3. The molecule has 3 aromatic heterocycles. The fourth-order valence-electron chi connectivity index (χ4n) is 3.28. The molecular weight excluding hydrogens is 636 g/mol. The van der Waals surface area contributed by atoms with E-state index in [-0.39, 0.29) is 23.7 Å². The Hall–Kier alpha value is -1.89. The van der Waals surface area contributed by atoms with Gasteiger partial charge < -0.3 is 10.6 Å². The molecule has 13 heteroatoms. The van der Waals surface area contributed by atoms with Gasteiger partial charge in [0, 0.05) is 21.9 Å². The van der Waals surface area contributed by atoms with Crippen LogP contribution in [-0.2, 0) is 4.79 Å². The molecule has 0 radical (unpaired) electrons. The summed E-state index contributed by atoms with van der Waals surface area (Å²) in [6, 6.07) is 7.48. The predicted octanol–water partition coefficient (Wildman–Crippen LogP) is 8.04. The number of thioether (sulfide) groups is 1. The molecule has 0 saturated heterocycles. The van der Waals surface area contributed by atoms with E-state index >= 15 is 0 Å². The number of benzene rings is 1. The fourth-order valence-corrected chi connectivity index (χ4v) is 6.39. The molecule has 1 aliphatic carbocycles. The topological polar surface area (TPSA) is 84.7 Å². The number of nitrogens with one attached hydrogen (secondary N) is 2. The third kappa shape index (κ3) is 6.32. The molecule has 1 fully saturated rings. The Morgan fingerprint density at radius 1 is 1.25 bits per heavy atom. The van der Waals surface area contributed by atoms with Gasteiger partial charge in [-0.15, -0.1) is 23.1 Å². The minimum absolute atomic E-state index is 0.0278. The van der Waals surface area contributed by atoms with E-state index in [1.165, 1.54) is 17.2 Å². The molecule has 0 spiro atoms. The third-order valence-electron chi connectivity index (χ3n) is 5.38. The first-order chi connectivity index (χ1) is 17.3. The number of amides is 1. The average molecular weight is 660 g/mol. The zero-order valence-corrected chi connectivity index (χ0v) is 24.5. The largest absolute Gasteiger partial charge is 0.353 e. The van der Waals surface area contributed by atoms with Gasteiger partial charge in [0.2, 0.25) is 6.41 Å². The summed E-state index contributed by atoms with van der Waals surface area (Å²) < 4.78 is 28.5. The number of hydrogen-bond acceptors (Lipinski definition) is 7. The lowest BCUT2D eigenvalue weighted by atomic mass is 10.1. The van der Waals surface area contributed by atoms with E-state index in [2.05, 4.69) is 32.5 Å². The van der Waals surface area contributed by atoms with Crippen LogP contribution in [-0.4, -0.2) is 32.0 Å². The second-order valence-electron chi connectivity index (χ2n) is 8.15. The minimum atomic E-state index is -2.75. The van der Waals surface area contributed by atoms with Crippen molar-refractivity contribution in [3.05, 3.63) is 40.5 Å². The van der Waals surface area contributed by atoms with Crippen LogP contribution in [0.1, 0.15) is 37.0 Å². The molecule has 7 nitrogen and oxygen atoms in total. The number of carbonyl (C=O) groups excluding carboxylic acids is 1. The number of carbonyl (C=O) groups is 1. The summed E-state index contributed by atoms with van der Waals surface area (Å²) in [4.78, 5) is 25.0. The van der Waals surface area contributed by atoms with E-state index in [1.54, 1.807) is 29.2 Å². The zero-order valence-electron chi connectivity index (χ0n) is 19.7. The lowest BCUT2D eigenvalue weighted by molar-refractivity contribution is -0.105. The summed E-state index contributed by atoms with van der Waals surface area (Å²) in [6.45, 7) is 4.24. The lowest BCUT2D eigenvalue weighted by Gasteiger charge is -2.13. The number of pyridine rings is 1. The number of aryl methyl sites for hydroxylation is 1. The quantitative estimate of drug-likeness (QED) is 0.0862. The van der Waals surface area contributed by atoms with Crippen LogP contribution >= 0.6 is 51.5 Å². The molecule has 0 aliphatic heterocycles. The molecule has 1 aliphatic rings. The summed E-state index contributed by atoms with van der Waals surface area (Å²) in [7, 11) is 0. The van der Waals surface area contributed by atoms with Crippen molar-refractivity contribution >= 4 is 86.3 Å². The highest BCUT2D eigenvalue weighted by molar-refractivity contribution is 14.2. The van der Waals surface area contributed by atoms with Crippen LogP contribution in [0.3, 0.4) is 0 Å². The summed E-state index contributed by atoms with van der Waals surface area (Å²) in [5.74, 6) is 0.970. The van der Waals surface area contributed by atoms with Gasteiger partial charge in [-0.25, -0.2) is 23.7 Å². The van der Waals surface area contributed by atoms with Crippen molar-refractivity contribution in [1.82, 2.24) is 19.3 Å². The Bertz CT molecular complexity index is 1380. The maximum Gasteiger partial charge on any atom is 0.295 e. The Morgan fingerprint density at radius 3 is 2.56 bits per heavy atom. The van der Waals surface area contributed by atoms with Gasteiger partial charge >= 0.3 is 0 Å². The van der Waals surface area contributed by atoms with Gasteiger partial charge in [0.15, 0.2) is 11.5 Å². The zero-order chi connectivity index (χ0) is 25.8. The SMILES string of the molecule is CC1CC1.CSc1cc(-c2csc(C)n2)ccc1Nc1cc(NC=O)nc2c1nc(C(F)F)n2PI. The highest BCUT2D eigenvalue weighted by Crippen LogP contribution is 2.40. The predicted molar refractivity (Wildman–Crippen MR) is 156 cm³/mol. The molecule has 0 bridgehead atoms. The maximum atomic E-state index is 13.6. The van der Waals surface area contributed by atoms with Gasteiger partial charge in [-0.2, -0.15) is 0 Å². The number of halogens is 3. The van der Waals surface area contributed by atoms with Gasteiger partial charge in [0.05, 0.1) is 28.5 Å². The van der Waals surface area contributed by atoms with Crippen LogP contribution in [0.25, 0.3) is 22.4 Å². The van der Waals surface area contributed by atoms with Crippen LogP contribution < -0.4 is 10.6 Å². The summed E-state index contributed by atoms with van der Waals surface area (Å²) in [6.07, 6.45) is 2.65. The van der Waals surface area contributed by atoms with Crippen molar-refractivity contribution in [2.75, 3.05) is 16.9 Å². The minimum Gasteiger partial charge on any atom is -0.353 e. The van der Waals surface area contributed by atoms with E-state index in [4.69, 9.17) is 0 Å². The molecule has 1 unspecified atom stereocenters. The smallest absolute Gasteiger partial charge is 0.295 e. The first-order valence-electron chi connectivity index (χ1n) is 11.0. The first-order valence-corrected chi connectivity index (χ1v) is 17.2. The average Bonchev–Trinajstić information content (AvgIpc) is 3.36. The van der Waals surface area contributed by atoms with Crippen molar-refractivity contribution in [3.8, 4) is 11.3 Å². The van der Waals surface area contributed by atoms with Gasteiger partial charge in [-0.05, 0) is 53.3 Å². The van der Waals surface area contributed by atoms with Crippen molar-refractivity contribution < 1.29 is 13.6 Å². The monoisotopic (exact) mass is 660 g/mol. The van der Waals surface area contributed by atoms with E-state index in [1.807, 2.05) is 58.8 Å². The van der Waals surface area contributed by atoms with E-state index in [0.717, 1.165) is 32.8 Å². The van der Waals surface area contributed by atoms with Crippen molar-refractivity contribution in [1.29, 1.82) is 0 Å². The number of aromatic nitrogens is 4. The van der Waals surface area contributed by atoms with Gasteiger partial charge in [0.25, 0.3) is 6.43 Å². The van der Waals surface area contributed by atoms with Gasteiger partial charge in [-0.3, -0.25) is 9.13 Å². The molecule has 3 heterocycles. The molecule has 1 amide bonds. The lowest BCUT2D eigenvalue weighted by Crippen LogP contribution is -2.01. The van der Waals surface area contributed by atoms with E-state index < -0.39 is 6.43 Å². The van der Waals surface area contributed by atoms with Crippen LogP contribution in [0.4, 0.5) is 26.0 Å². The number of hydrogen-bond donors (Lipinski definition) is 2. The summed E-state index contributed by atoms with van der Waals surface area (Å²) in [5, 5.41) is 8.80. The Morgan fingerprint density at radius 2 is 2.00 bits per heavy atom. The molecule has 1 saturated carbocycles. The third-order valence-corrected chi connectivity index (χ3v) is 8.99. The number of alkyl halides is 2. The second kappa shape index (κ2) is 12.1. The number of nitrogens with zero attached hydrogens (tertiary/aromatic N) is 4. The molecule has 5 rings (SSSR count). The van der Waals surface area contributed by atoms with Crippen LogP contribution in [0, 0.1) is 12.8 Å². The summed E-state index contributed by atoms with van der Waals surface area (Å²) >= 11 is 5.14. The molecule has 4 aromatic rings. The van der Waals surface area contributed by atoms with Crippen molar-refractivity contribution in [2.45, 2.75) is 38.0 Å². The maximum absolute atomic E-state index is 13.6. The number of thiazole rings is 1. The van der Waals surface area contributed by atoms with E-state index in [9.17, 15) is 13.6 Å². The number of imidazole rings is 1. The Balaban J connectivity index is 0.000000692.